The van der Waals surface area contributed by atoms with E-state index in [2.05, 4.69) is 43.8 Å². The monoisotopic (exact) mass is 483 g/mol. The van der Waals surface area contributed by atoms with Crippen LogP contribution in [0.2, 0.25) is 0 Å². The fourth-order valence-corrected chi connectivity index (χ4v) is 4.98. The molecule has 170 valence electrons. The van der Waals surface area contributed by atoms with E-state index in [0.29, 0.717) is 17.0 Å². The Morgan fingerprint density at radius 2 is 2.09 bits per heavy atom. The fraction of sp³-hybridized carbons (Fsp3) is 0.450. The van der Waals surface area contributed by atoms with Crippen LogP contribution in [0.15, 0.2) is 43.0 Å². The van der Waals surface area contributed by atoms with Gasteiger partial charge in [-0.1, -0.05) is 30.3 Å². The number of hydrogen-bond donors (Lipinski definition) is 2. The Morgan fingerprint density at radius 1 is 1.30 bits per heavy atom. The van der Waals surface area contributed by atoms with Crippen LogP contribution in [0.3, 0.4) is 0 Å². The van der Waals surface area contributed by atoms with Crippen molar-refractivity contribution in [1.82, 2.24) is 19.5 Å². The Labute approximate surface area is 212 Å². The van der Waals surface area contributed by atoms with Gasteiger partial charge in [0.05, 0.1) is 12.9 Å². The van der Waals surface area contributed by atoms with E-state index in [4.69, 9.17) is 9.26 Å². The minimum Gasteiger partial charge on any atom is -0.756 e. The minimum atomic E-state index is -4.45. The first-order valence-electron chi connectivity index (χ1n) is 10.4. The molecule has 2 unspecified atom stereocenters. The van der Waals surface area contributed by atoms with Crippen LogP contribution < -0.4 is 39.8 Å². The summed E-state index contributed by atoms with van der Waals surface area (Å²) in [4.78, 5) is 24.6. The molecule has 0 aliphatic carbocycles. The summed E-state index contributed by atoms with van der Waals surface area (Å²) in [7, 11) is -4.45. The van der Waals surface area contributed by atoms with E-state index in [0.717, 1.165) is 12.8 Å². The molecule has 13 heteroatoms. The molecule has 2 aliphatic heterocycles. The van der Waals surface area contributed by atoms with Gasteiger partial charge in [0.2, 0.25) is 0 Å². The van der Waals surface area contributed by atoms with Crippen LogP contribution in [-0.2, 0) is 24.8 Å². The fourth-order valence-electron chi connectivity index (χ4n) is 4.04. The molecule has 2 saturated heterocycles. The molecule has 4 heterocycles. The number of phosphoric ester groups is 1. The molecule has 6 atom stereocenters. The molecule has 0 radical (unpaired) electrons. The smallest absolute Gasteiger partial charge is 0.756 e. The maximum Gasteiger partial charge on any atom is 1.00 e. The third kappa shape index (κ3) is 5.17. The molecule has 0 saturated carbocycles. The van der Waals surface area contributed by atoms with E-state index < -0.39 is 32.4 Å². The number of aryl methyl sites for hydroxylation is 1. The van der Waals surface area contributed by atoms with Crippen LogP contribution in [0.1, 0.15) is 25.1 Å². The Kier molecular flexibility index (Phi) is 7.54. The number of hydrogen-bond acceptors (Lipinski definition) is 10. The normalized spacial score (nSPS) is 29.9. The first-order chi connectivity index (χ1) is 15.4. The van der Waals surface area contributed by atoms with E-state index in [9.17, 15) is 14.6 Å². The summed E-state index contributed by atoms with van der Waals surface area (Å²) in [6.45, 7) is 1.85. The topological polar surface area (TPSA) is 144 Å². The molecular weight excluding hydrogens is 460 g/mol. The summed E-state index contributed by atoms with van der Waals surface area (Å²) < 4.78 is 28.6. The number of anilines is 1. The number of aromatic nitrogens is 4. The summed E-state index contributed by atoms with van der Waals surface area (Å²) in [5.41, 5.74) is 2.24. The molecule has 3 aromatic rings. The van der Waals surface area contributed by atoms with E-state index >= 15 is 0 Å². The summed E-state index contributed by atoms with van der Waals surface area (Å²) in [5, 5.41) is 14.0. The molecule has 2 aromatic heterocycles. The summed E-state index contributed by atoms with van der Waals surface area (Å²) >= 11 is 0. The van der Waals surface area contributed by atoms with Crippen molar-refractivity contribution in [3.05, 3.63) is 48.5 Å². The summed E-state index contributed by atoms with van der Waals surface area (Å²) in [5.74, 6) is 0.572. The zero-order valence-electron chi connectivity index (χ0n) is 18.3. The molecule has 5 rings (SSSR count). The first-order valence-corrected chi connectivity index (χ1v) is 11.8. The average Bonchev–Trinajstić information content (AvgIpc) is 3.34. The van der Waals surface area contributed by atoms with E-state index in [1.54, 1.807) is 4.57 Å². The number of aliphatic hydroxyl groups is 1. The standard InChI is InChI=1S/C20H24N5O6P.Na/c1-12(7-8-13-5-3-2-4-6-13)24-18-15-19(22-10-21-18)25(11-23-15)20-16(26)17-14(30-20)9-29-32(27,28)31-17;/h2-6,10-12,14,16-17,20,26H,7-9H2,1H3,(H,27,28)(H,21,22,24);/q;+1/p-1/t12?,14-,16-,17-,20-;/m1./s1. The Balaban J connectivity index is 0.00000259. The molecule has 33 heavy (non-hydrogen) atoms. The van der Waals surface area contributed by atoms with Gasteiger partial charge in [0.1, 0.15) is 24.6 Å². The summed E-state index contributed by atoms with van der Waals surface area (Å²) in [6.07, 6.45) is 0.794. The molecule has 1 aromatic carbocycles. The van der Waals surface area contributed by atoms with Gasteiger partial charge in [-0.25, -0.2) is 15.0 Å². The Morgan fingerprint density at radius 3 is 2.88 bits per heavy atom. The van der Waals surface area contributed by atoms with E-state index in [1.807, 2.05) is 18.2 Å². The van der Waals surface area contributed by atoms with E-state index in [1.165, 1.54) is 18.2 Å². The molecular formula is C20H23N5NaO6P. The molecule has 0 amide bonds. The van der Waals surface area contributed by atoms with Crippen LogP contribution in [0.25, 0.3) is 11.2 Å². The number of rotatable bonds is 6. The van der Waals surface area contributed by atoms with E-state index in [-0.39, 0.29) is 42.2 Å². The maximum atomic E-state index is 11.6. The van der Waals surface area contributed by atoms with Gasteiger partial charge in [-0.3, -0.25) is 9.13 Å². The van der Waals surface area contributed by atoms with Crippen molar-refractivity contribution in [2.24, 2.45) is 0 Å². The van der Waals surface area contributed by atoms with Crippen LogP contribution in [0.4, 0.5) is 5.82 Å². The third-order valence-electron chi connectivity index (χ3n) is 5.68. The number of aliphatic hydroxyl groups excluding tert-OH is 1. The van der Waals surface area contributed by atoms with Gasteiger partial charge in [0, 0.05) is 6.04 Å². The quantitative estimate of drug-likeness (QED) is 0.311. The number of phosphoric acid groups is 1. The summed E-state index contributed by atoms with van der Waals surface area (Å²) in [6, 6.07) is 10.4. The van der Waals surface area contributed by atoms with Crippen molar-refractivity contribution in [1.29, 1.82) is 0 Å². The number of imidazole rings is 1. The van der Waals surface area contributed by atoms with Crippen LogP contribution in [0, 0.1) is 0 Å². The number of benzene rings is 1. The van der Waals surface area contributed by atoms with Crippen LogP contribution in [-0.4, -0.2) is 55.6 Å². The van der Waals surface area contributed by atoms with Crippen molar-refractivity contribution in [2.45, 2.75) is 50.3 Å². The third-order valence-corrected chi connectivity index (χ3v) is 6.65. The van der Waals surface area contributed by atoms with Crippen molar-refractivity contribution in [3.8, 4) is 0 Å². The number of nitrogens with one attached hydrogen (secondary N) is 1. The second-order valence-electron chi connectivity index (χ2n) is 7.98. The second kappa shape index (κ2) is 10.1. The predicted molar refractivity (Wildman–Crippen MR) is 112 cm³/mol. The molecule has 0 spiro atoms. The number of fused-ring (bicyclic) bond motifs is 2. The van der Waals surface area contributed by atoms with Gasteiger partial charge < -0.3 is 29.1 Å². The maximum absolute atomic E-state index is 11.6. The minimum absolute atomic E-state index is 0. The molecule has 2 aliphatic rings. The van der Waals surface area contributed by atoms with Crippen LogP contribution >= 0.6 is 7.82 Å². The van der Waals surface area contributed by atoms with Crippen molar-refractivity contribution in [2.75, 3.05) is 11.9 Å². The molecule has 11 nitrogen and oxygen atoms in total. The zero-order chi connectivity index (χ0) is 22.3. The van der Waals surface area contributed by atoms with Gasteiger partial charge in [-0.05, 0) is 25.3 Å². The predicted octanol–water partition coefficient (Wildman–Crippen LogP) is -1.59. The largest absolute Gasteiger partial charge is 1.00 e. The molecule has 2 fully saturated rings. The molecule has 0 bridgehead atoms. The number of nitrogens with zero attached hydrogens (tertiary/aromatic N) is 4. The Hall–Kier alpha value is -1.40. The van der Waals surface area contributed by atoms with Gasteiger partial charge in [0.25, 0.3) is 7.82 Å². The average molecular weight is 483 g/mol. The first kappa shape index (κ1) is 24.7. The van der Waals surface area contributed by atoms with Crippen molar-refractivity contribution < 1.29 is 57.9 Å². The second-order valence-corrected chi connectivity index (χ2v) is 9.35. The van der Waals surface area contributed by atoms with Gasteiger partial charge in [-0.15, -0.1) is 0 Å². The zero-order valence-corrected chi connectivity index (χ0v) is 21.2. The van der Waals surface area contributed by atoms with Crippen molar-refractivity contribution in [3.63, 3.8) is 0 Å². The van der Waals surface area contributed by atoms with Crippen LogP contribution in [0.5, 0.6) is 0 Å². The SMILES string of the molecule is CC(CCc1ccccc1)Nc1ncnc2c1ncn2[C@@H]1O[C@@H]2COP(=O)([O-])O[C@H]2[C@H]1O.[Na+]. The van der Waals surface area contributed by atoms with Gasteiger partial charge in [0.15, 0.2) is 23.2 Å². The number of ether oxygens (including phenoxy) is 1. The van der Waals surface area contributed by atoms with Gasteiger partial charge >= 0.3 is 29.6 Å². The van der Waals surface area contributed by atoms with Gasteiger partial charge in [-0.2, -0.15) is 0 Å². The Bertz CT molecular complexity index is 1150. The van der Waals surface area contributed by atoms with Crippen molar-refractivity contribution >= 4 is 24.8 Å². The molecule has 2 N–H and O–H groups in total.